The normalized spacial score (nSPS) is 25.8. The Kier molecular flexibility index (Phi) is 3.93. The second-order valence-corrected chi connectivity index (χ2v) is 7.10. The van der Waals surface area contributed by atoms with Crippen LogP contribution in [0.2, 0.25) is 0 Å². The maximum atomic E-state index is 6.44. The van der Waals surface area contributed by atoms with Crippen molar-refractivity contribution in [2.75, 3.05) is 37.9 Å². The van der Waals surface area contributed by atoms with Gasteiger partial charge in [-0.1, -0.05) is 24.3 Å². The quantitative estimate of drug-likeness (QED) is 0.842. The molecule has 4 heterocycles. The van der Waals surface area contributed by atoms with E-state index in [1.165, 1.54) is 16.7 Å². The van der Waals surface area contributed by atoms with Crippen LogP contribution in [0.1, 0.15) is 29.2 Å². The Morgan fingerprint density at radius 3 is 2.88 bits per heavy atom. The van der Waals surface area contributed by atoms with Gasteiger partial charge in [-0.3, -0.25) is 14.7 Å². The first-order chi connectivity index (χ1) is 12.4. The van der Waals surface area contributed by atoms with E-state index in [1.54, 1.807) is 0 Å². The number of hydrogen-bond acceptors (Lipinski definition) is 5. The Bertz CT molecular complexity index is 707. The van der Waals surface area contributed by atoms with Crippen molar-refractivity contribution < 1.29 is 9.57 Å². The molecule has 2 saturated heterocycles. The smallest absolute Gasteiger partial charge is 0.101 e. The van der Waals surface area contributed by atoms with Crippen LogP contribution in [0, 0.1) is 0 Å². The fourth-order valence-electron chi connectivity index (χ4n) is 4.27. The maximum Gasteiger partial charge on any atom is 0.101 e. The Labute approximate surface area is 148 Å². The number of morpholine rings is 1. The number of rotatable bonds is 2. The van der Waals surface area contributed by atoms with E-state index in [1.807, 2.05) is 12.4 Å². The average Bonchev–Trinajstić information content (AvgIpc) is 3.01. The summed E-state index contributed by atoms with van der Waals surface area (Å²) in [7, 11) is 0. The molecule has 5 heteroatoms. The first kappa shape index (κ1) is 15.3. The SMILES string of the molecule is c1ccc2c(c1)Cc1ccncc1N1OC(CN3CCOCC3)CC21. The van der Waals surface area contributed by atoms with Crippen LogP contribution in [0.5, 0.6) is 0 Å². The van der Waals surface area contributed by atoms with Crippen molar-refractivity contribution >= 4 is 5.69 Å². The van der Waals surface area contributed by atoms with Crippen molar-refractivity contribution in [1.82, 2.24) is 9.88 Å². The molecular formula is C20H23N3O2. The lowest BCUT2D eigenvalue weighted by Gasteiger charge is -2.29. The zero-order chi connectivity index (χ0) is 16.6. The van der Waals surface area contributed by atoms with Gasteiger partial charge in [0.25, 0.3) is 0 Å². The standard InChI is InChI=1S/C20H23N3O2/c1-2-4-18-15(3-1)11-16-5-6-21-13-20(16)23-19(18)12-17(25-23)14-22-7-9-24-10-8-22/h1-6,13,17,19H,7-12,14H2. The van der Waals surface area contributed by atoms with Crippen LogP contribution in [-0.4, -0.2) is 48.8 Å². The second-order valence-electron chi connectivity index (χ2n) is 7.10. The Morgan fingerprint density at radius 2 is 1.96 bits per heavy atom. The molecule has 5 nitrogen and oxygen atoms in total. The zero-order valence-corrected chi connectivity index (χ0v) is 14.3. The highest BCUT2D eigenvalue weighted by Gasteiger charge is 2.39. The molecule has 0 radical (unpaired) electrons. The van der Waals surface area contributed by atoms with Gasteiger partial charge in [-0.25, -0.2) is 5.06 Å². The molecule has 25 heavy (non-hydrogen) atoms. The summed E-state index contributed by atoms with van der Waals surface area (Å²) in [6.45, 7) is 4.62. The molecule has 1 aromatic heterocycles. The van der Waals surface area contributed by atoms with Gasteiger partial charge in [0.15, 0.2) is 0 Å². The molecule has 0 spiro atoms. The molecule has 0 bridgehead atoms. The predicted octanol–water partition coefficient (Wildman–Crippen LogP) is 2.57. The molecule has 3 aliphatic rings. The highest BCUT2D eigenvalue weighted by Crippen LogP contribution is 2.43. The van der Waals surface area contributed by atoms with Gasteiger partial charge in [-0.05, 0) is 22.8 Å². The monoisotopic (exact) mass is 337 g/mol. The number of hydroxylamine groups is 1. The summed E-state index contributed by atoms with van der Waals surface area (Å²) < 4.78 is 5.47. The molecule has 0 N–H and O–H groups in total. The summed E-state index contributed by atoms with van der Waals surface area (Å²) in [4.78, 5) is 13.3. The van der Waals surface area contributed by atoms with Gasteiger partial charge in [0, 0.05) is 38.7 Å². The van der Waals surface area contributed by atoms with Gasteiger partial charge in [-0.2, -0.15) is 0 Å². The van der Waals surface area contributed by atoms with E-state index < -0.39 is 0 Å². The topological polar surface area (TPSA) is 37.8 Å². The number of aromatic nitrogens is 1. The number of fused-ring (bicyclic) bond motifs is 5. The summed E-state index contributed by atoms with van der Waals surface area (Å²) in [5.41, 5.74) is 5.20. The van der Waals surface area contributed by atoms with Crippen LogP contribution in [0.15, 0.2) is 42.7 Å². The molecule has 1 aromatic carbocycles. The fourth-order valence-corrected chi connectivity index (χ4v) is 4.27. The van der Waals surface area contributed by atoms with Gasteiger partial charge < -0.3 is 4.74 Å². The Balaban J connectivity index is 1.47. The minimum Gasteiger partial charge on any atom is -0.379 e. The second kappa shape index (κ2) is 6.41. The first-order valence-corrected chi connectivity index (χ1v) is 9.15. The van der Waals surface area contributed by atoms with E-state index in [2.05, 4.69) is 45.3 Å². The molecule has 130 valence electrons. The third kappa shape index (κ3) is 2.82. The van der Waals surface area contributed by atoms with Gasteiger partial charge in [-0.15, -0.1) is 0 Å². The van der Waals surface area contributed by atoms with E-state index in [-0.39, 0.29) is 12.1 Å². The molecule has 0 amide bonds. The van der Waals surface area contributed by atoms with Crippen molar-refractivity contribution in [2.24, 2.45) is 0 Å². The highest BCUT2D eigenvalue weighted by molar-refractivity contribution is 5.57. The average molecular weight is 337 g/mol. The lowest BCUT2D eigenvalue weighted by molar-refractivity contribution is 0.00144. The summed E-state index contributed by atoms with van der Waals surface area (Å²) in [6.07, 6.45) is 6.00. The molecular weight excluding hydrogens is 314 g/mol. The molecule has 2 aromatic rings. The van der Waals surface area contributed by atoms with Gasteiger partial charge in [0.1, 0.15) is 6.10 Å². The maximum absolute atomic E-state index is 6.44. The van der Waals surface area contributed by atoms with Crippen molar-refractivity contribution in [3.8, 4) is 0 Å². The van der Waals surface area contributed by atoms with E-state index in [9.17, 15) is 0 Å². The number of nitrogens with zero attached hydrogens (tertiary/aromatic N) is 3. The zero-order valence-electron chi connectivity index (χ0n) is 14.3. The van der Waals surface area contributed by atoms with Crippen LogP contribution in [0.3, 0.4) is 0 Å². The van der Waals surface area contributed by atoms with E-state index >= 15 is 0 Å². The summed E-state index contributed by atoms with van der Waals surface area (Å²) in [5, 5.41) is 2.12. The number of benzene rings is 1. The predicted molar refractivity (Wildman–Crippen MR) is 95.5 cm³/mol. The molecule has 3 aliphatic heterocycles. The molecule has 2 fully saturated rings. The summed E-state index contributed by atoms with van der Waals surface area (Å²) in [6, 6.07) is 11.2. The van der Waals surface area contributed by atoms with Crippen LogP contribution >= 0.6 is 0 Å². The minimum atomic E-state index is 0.210. The number of anilines is 1. The lowest BCUT2D eigenvalue weighted by Crippen LogP contribution is -2.41. The van der Waals surface area contributed by atoms with E-state index in [0.29, 0.717) is 0 Å². The fraction of sp³-hybridized carbons (Fsp3) is 0.450. The summed E-state index contributed by atoms with van der Waals surface area (Å²) >= 11 is 0. The Hall–Kier alpha value is -1.95. The number of pyridine rings is 1. The van der Waals surface area contributed by atoms with Crippen LogP contribution in [0.25, 0.3) is 0 Å². The molecule has 0 aliphatic carbocycles. The van der Waals surface area contributed by atoms with Crippen LogP contribution < -0.4 is 5.06 Å². The van der Waals surface area contributed by atoms with Crippen molar-refractivity contribution in [3.63, 3.8) is 0 Å². The Morgan fingerprint density at radius 1 is 1.08 bits per heavy atom. The molecule has 2 atom stereocenters. The van der Waals surface area contributed by atoms with Gasteiger partial charge >= 0.3 is 0 Å². The first-order valence-electron chi connectivity index (χ1n) is 9.15. The molecule has 5 rings (SSSR count). The summed E-state index contributed by atoms with van der Waals surface area (Å²) in [5.74, 6) is 0. The van der Waals surface area contributed by atoms with Crippen LogP contribution in [-0.2, 0) is 16.0 Å². The van der Waals surface area contributed by atoms with Crippen LogP contribution in [0.4, 0.5) is 5.69 Å². The van der Waals surface area contributed by atoms with E-state index in [4.69, 9.17) is 9.57 Å². The number of ether oxygens (including phenoxy) is 1. The lowest BCUT2D eigenvalue weighted by atomic mass is 9.95. The van der Waals surface area contributed by atoms with Crippen molar-refractivity contribution in [2.45, 2.75) is 25.0 Å². The van der Waals surface area contributed by atoms with Crippen molar-refractivity contribution in [1.29, 1.82) is 0 Å². The van der Waals surface area contributed by atoms with Gasteiger partial charge in [0.05, 0.1) is 31.1 Å². The van der Waals surface area contributed by atoms with Crippen molar-refractivity contribution in [3.05, 3.63) is 59.4 Å². The third-order valence-corrected chi connectivity index (χ3v) is 5.52. The van der Waals surface area contributed by atoms with Gasteiger partial charge in [0.2, 0.25) is 0 Å². The third-order valence-electron chi connectivity index (χ3n) is 5.52. The largest absolute Gasteiger partial charge is 0.379 e. The number of hydrogen-bond donors (Lipinski definition) is 0. The minimum absolute atomic E-state index is 0.210. The highest BCUT2D eigenvalue weighted by atomic mass is 16.7. The molecule has 0 saturated carbocycles. The molecule has 2 unspecified atom stereocenters. The van der Waals surface area contributed by atoms with E-state index in [0.717, 1.165) is 51.4 Å².